The van der Waals surface area contributed by atoms with Crippen LogP contribution in [0, 0.1) is 6.92 Å². The summed E-state index contributed by atoms with van der Waals surface area (Å²) in [6.45, 7) is 1.94. The number of benzene rings is 2. The Morgan fingerprint density at radius 2 is 1.90 bits per heavy atom. The van der Waals surface area contributed by atoms with Crippen molar-refractivity contribution < 1.29 is 5.11 Å². The summed E-state index contributed by atoms with van der Waals surface area (Å²) in [6.07, 6.45) is -0.656. The van der Waals surface area contributed by atoms with Crippen molar-refractivity contribution in [2.24, 2.45) is 0 Å². The van der Waals surface area contributed by atoms with E-state index in [-0.39, 0.29) is 0 Å². The fourth-order valence-electron chi connectivity index (χ4n) is 2.34. The maximum absolute atomic E-state index is 10.7. The molecule has 1 unspecified atom stereocenters. The third kappa shape index (κ3) is 2.29. The summed E-state index contributed by atoms with van der Waals surface area (Å²) in [5.41, 5.74) is 2.71. The van der Waals surface area contributed by atoms with Gasteiger partial charge in [0.25, 0.3) is 0 Å². The summed E-state index contributed by atoms with van der Waals surface area (Å²) in [6, 6.07) is 11.7. The molecule has 0 bridgehead atoms. The molecular formula is C16H12BrClOS. The molecule has 0 radical (unpaired) electrons. The first-order valence-electron chi connectivity index (χ1n) is 6.18. The monoisotopic (exact) mass is 366 g/mol. The molecule has 3 aromatic rings. The van der Waals surface area contributed by atoms with Gasteiger partial charge in [0.2, 0.25) is 0 Å². The number of hydrogen-bond donors (Lipinski definition) is 1. The van der Waals surface area contributed by atoms with Crippen LogP contribution in [-0.2, 0) is 0 Å². The second-order valence-corrected chi connectivity index (χ2v) is 6.81. The van der Waals surface area contributed by atoms with Crippen LogP contribution in [0.1, 0.15) is 22.8 Å². The Hall–Kier alpha value is -0.870. The van der Waals surface area contributed by atoms with Crippen LogP contribution < -0.4 is 0 Å². The van der Waals surface area contributed by atoms with Crippen molar-refractivity contribution in [2.45, 2.75) is 13.0 Å². The van der Waals surface area contributed by atoms with Crippen LogP contribution in [-0.4, -0.2) is 5.11 Å². The Kier molecular flexibility index (Phi) is 3.87. The average molecular weight is 368 g/mol. The normalized spacial score (nSPS) is 12.8. The van der Waals surface area contributed by atoms with Crippen LogP contribution in [0.25, 0.3) is 10.1 Å². The zero-order chi connectivity index (χ0) is 14.3. The van der Waals surface area contributed by atoms with E-state index in [2.05, 4.69) is 15.9 Å². The van der Waals surface area contributed by atoms with Gasteiger partial charge in [0.05, 0.1) is 0 Å². The number of thiophene rings is 1. The van der Waals surface area contributed by atoms with E-state index in [1.54, 1.807) is 11.3 Å². The van der Waals surface area contributed by atoms with E-state index in [4.69, 9.17) is 11.6 Å². The van der Waals surface area contributed by atoms with E-state index in [0.29, 0.717) is 5.02 Å². The van der Waals surface area contributed by atoms with Crippen LogP contribution in [0.15, 0.2) is 46.3 Å². The minimum absolute atomic E-state index is 0.656. The maximum Gasteiger partial charge on any atom is 0.106 e. The number of hydrogen-bond acceptors (Lipinski definition) is 2. The van der Waals surface area contributed by atoms with E-state index in [9.17, 15) is 5.11 Å². The van der Waals surface area contributed by atoms with Gasteiger partial charge in [-0.1, -0.05) is 35.9 Å². The Morgan fingerprint density at radius 3 is 2.70 bits per heavy atom. The summed E-state index contributed by atoms with van der Waals surface area (Å²) in [4.78, 5) is 0. The average Bonchev–Trinajstić information content (AvgIpc) is 2.86. The van der Waals surface area contributed by atoms with Crippen molar-refractivity contribution in [3.8, 4) is 0 Å². The van der Waals surface area contributed by atoms with Crippen molar-refractivity contribution in [3.05, 3.63) is 68.0 Å². The van der Waals surface area contributed by atoms with Gasteiger partial charge in [-0.2, -0.15) is 0 Å². The van der Waals surface area contributed by atoms with Crippen LogP contribution >= 0.6 is 38.9 Å². The van der Waals surface area contributed by atoms with E-state index in [1.165, 1.54) is 0 Å². The first-order valence-corrected chi connectivity index (χ1v) is 8.23. The van der Waals surface area contributed by atoms with Gasteiger partial charge in [-0.3, -0.25) is 0 Å². The van der Waals surface area contributed by atoms with Gasteiger partial charge in [-0.15, -0.1) is 11.3 Å². The molecule has 2 aromatic carbocycles. The number of aliphatic hydroxyl groups is 1. The number of halogens is 2. The number of rotatable bonds is 2. The molecule has 1 N–H and O–H groups in total. The second kappa shape index (κ2) is 5.49. The molecule has 0 aliphatic heterocycles. The van der Waals surface area contributed by atoms with Crippen LogP contribution in [0.3, 0.4) is 0 Å². The molecule has 0 amide bonds. The molecule has 1 atom stereocenters. The number of fused-ring (bicyclic) bond motifs is 1. The van der Waals surface area contributed by atoms with Gasteiger partial charge in [-0.25, -0.2) is 0 Å². The van der Waals surface area contributed by atoms with Gasteiger partial charge in [0.15, 0.2) is 0 Å². The summed E-state index contributed by atoms with van der Waals surface area (Å²) in [5.74, 6) is 0. The van der Waals surface area contributed by atoms with Gasteiger partial charge in [-0.05, 0) is 56.9 Å². The minimum atomic E-state index is -0.656. The molecule has 3 rings (SSSR count). The summed E-state index contributed by atoms with van der Waals surface area (Å²) < 4.78 is 2.21. The standard InChI is InChI=1S/C16H12BrClOS/c1-9-10(4-3-7-14(9)18)15(19)12-8-20-16-11(12)5-2-6-13(16)17/h2-8,15,19H,1H3. The summed E-state index contributed by atoms with van der Waals surface area (Å²) >= 11 is 11.3. The van der Waals surface area contributed by atoms with E-state index in [0.717, 1.165) is 31.2 Å². The molecule has 1 aromatic heterocycles. The zero-order valence-corrected chi connectivity index (χ0v) is 13.9. The fraction of sp³-hybridized carbons (Fsp3) is 0.125. The Morgan fingerprint density at radius 1 is 1.15 bits per heavy atom. The summed E-state index contributed by atoms with van der Waals surface area (Å²) in [5, 5.41) is 14.5. The molecule has 0 saturated carbocycles. The predicted molar refractivity (Wildman–Crippen MR) is 89.8 cm³/mol. The lowest BCUT2D eigenvalue weighted by atomic mass is 9.97. The molecule has 4 heteroatoms. The first kappa shape index (κ1) is 14.1. The molecule has 0 fully saturated rings. The zero-order valence-electron chi connectivity index (χ0n) is 10.7. The second-order valence-electron chi connectivity index (χ2n) is 4.66. The molecule has 1 heterocycles. The molecule has 1 nitrogen and oxygen atoms in total. The Balaban J connectivity index is 2.16. The van der Waals surface area contributed by atoms with Gasteiger partial charge in [0, 0.05) is 19.8 Å². The molecular weight excluding hydrogens is 356 g/mol. The highest BCUT2D eigenvalue weighted by atomic mass is 79.9. The third-order valence-electron chi connectivity index (χ3n) is 3.48. The first-order chi connectivity index (χ1) is 9.59. The quantitative estimate of drug-likeness (QED) is 0.615. The van der Waals surface area contributed by atoms with E-state index < -0.39 is 6.10 Å². The smallest absolute Gasteiger partial charge is 0.106 e. The lowest BCUT2D eigenvalue weighted by Gasteiger charge is -2.14. The van der Waals surface area contributed by atoms with Gasteiger partial charge >= 0.3 is 0 Å². The maximum atomic E-state index is 10.7. The molecule has 102 valence electrons. The largest absolute Gasteiger partial charge is 0.384 e. The molecule has 0 aliphatic carbocycles. The van der Waals surface area contributed by atoms with Crippen molar-refractivity contribution in [3.63, 3.8) is 0 Å². The molecule has 20 heavy (non-hydrogen) atoms. The molecule has 0 spiro atoms. The van der Waals surface area contributed by atoms with Crippen molar-refractivity contribution in [1.82, 2.24) is 0 Å². The van der Waals surface area contributed by atoms with Crippen molar-refractivity contribution >= 4 is 49.0 Å². The Bertz CT molecular complexity index is 781. The van der Waals surface area contributed by atoms with Gasteiger partial charge in [0.1, 0.15) is 6.10 Å². The SMILES string of the molecule is Cc1c(Cl)cccc1C(O)c1csc2c(Br)cccc12. The van der Waals surface area contributed by atoms with E-state index >= 15 is 0 Å². The van der Waals surface area contributed by atoms with Crippen LogP contribution in [0.2, 0.25) is 5.02 Å². The molecule has 0 aliphatic rings. The lowest BCUT2D eigenvalue weighted by molar-refractivity contribution is 0.221. The molecule has 0 saturated heterocycles. The highest BCUT2D eigenvalue weighted by Gasteiger charge is 2.18. The topological polar surface area (TPSA) is 20.2 Å². The van der Waals surface area contributed by atoms with Crippen LogP contribution in [0.5, 0.6) is 0 Å². The number of aliphatic hydroxyl groups excluding tert-OH is 1. The van der Waals surface area contributed by atoms with E-state index in [1.807, 2.05) is 48.7 Å². The lowest BCUT2D eigenvalue weighted by Crippen LogP contribution is -2.01. The van der Waals surface area contributed by atoms with Crippen LogP contribution in [0.4, 0.5) is 0 Å². The fourth-order valence-corrected chi connectivity index (χ4v) is 4.16. The minimum Gasteiger partial charge on any atom is -0.384 e. The summed E-state index contributed by atoms with van der Waals surface area (Å²) in [7, 11) is 0. The van der Waals surface area contributed by atoms with Crippen molar-refractivity contribution in [2.75, 3.05) is 0 Å². The van der Waals surface area contributed by atoms with Gasteiger partial charge < -0.3 is 5.11 Å². The highest BCUT2D eigenvalue weighted by molar-refractivity contribution is 9.10. The van der Waals surface area contributed by atoms with Crippen molar-refractivity contribution in [1.29, 1.82) is 0 Å². The predicted octanol–water partition coefficient (Wildman–Crippen LogP) is 5.71. The Labute approximate surface area is 135 Å². The highest BCUT2D eigenvalue weighted by Crippen LogP contribution is 2.38. The third-order valence-corrected chi connectivity index (χ3v) is 5.86.